The van der Waals surface area contributed by atoms with Crippen LogP contribution < -0.4 is 5.48 Å². The van der Waals surface area contributed by atoms with Gasteiger partial charge >= 0.3 is 0 Å². The minimum Gasteiger partial charge on any atom is -0.331 e. The Morgan fingerprint density at radius 2 is 2.00 bits per heavy atom. The molecule has 0 spiro atoms. The van der Waals surface area contributed by atoms with Gasteiger partial charge in [-0.15, -0.1) is 0 Å². The van der Waals surface area contributed by atoms with E-state index in [1.807, 2.05) is 29.2 Å². The van der Waals surface area contributed by atoms with Crippen molar-refractivity contribution in [2.75, 3.05) is 6.54 Å². The van der Waals surface area contributed by atoms with Crippen LogP contribution in [0.4, 0.5) is 0 Å². The number of aromatic nitrogens is 2. The molecule has 3 heterocycles. The van der Waals surface area contributed by atoms with Crippen molar-refractivity contribution in [3.63, 3.8) is 0 Å². The molecule has 25 heavy (non-hydrogen) atoms. The average molecular weight is 338 g/mol. The van der Waals surface area contributed by atoms with Crippen LogP contribution >= 0.6 is 0 Å². The molecule has 2 aliphatic heterocycles. The number of rotatable bonds is 4. The summed E-state index contributed by atoms with van der Waals surface area (Å²) in [5.74, 6) is 1.72. The van der Waals surface area contributed by atoms with Crippen LogP contribution in [0, 0.1) is 11.8 Å². The third-order valence-corrected chi connectivity index (χ3v) is 5.75. The Hall–Kier alpha value is -2.31. The SMILES string of the molecule is CC1C2CC(CNO)N(C(=O)c3ccccc3-c3ncccn3)C1C2. The number of carbonyl (C=O) groups excluding carboxylic acids is 1. The Bertz CT molecular complexity index is 767. The van der Waals surface area contributed by atoms with Crippen LogP contribution in [0.25, 0.3) is 11.4 Å². The first kappa shape index (κ1) is 16.2. The maximum atomic E-state index is 13.4. The molecular formula is C19H22N4O2. The van der Waals surface area contributed by atoms with Crippen LogP contribution in [0.15, 0.2) is 42.7 Å². The second kappa shape index (κ2) is 6.54. The number of fused-ring (bicyclic) bond motifs is 2. The Balaban J connectivity index is 1.71. The van der Waals surface area contributed by atoms with Crippen LogP contribution in [0.5, 0.6) is 0 Å². The fourth-order valence-electron chi connectivity index (χ4n) is 4.31. The third-order valence-electron chi connectivity index (χ3n) is 5.75. The zero-order chi connectivity index (χ0) is 17.4. The van der Waals surface area contributed by atoms with Gasteiger partial charge in [0.05, 0.1) is 5.56 Å². The van der Waals surface area contributed by atoms with Gasteiger partial charge in [-0.1, -0.05) is 25.1 Å². The van der Waals surface area contributed by atoms with Crippen molar-refractivity contribution in [3.05, 3.63) is 48.3 Å². The lowest BCUT2D eigenvalue weighted by Crippen LogP contribution is -2.65. The van der Waals surface area contributed by atoms with E-state index < -0.39 is 0 Å². The second-order valence-corrected chi connectivity index (χ2v) is 7.00. The maximum absolute atomic E-state index is 13.4. The standard InChI is InChI=1S/C19H22N4O2/c1-12-13-9-14(11-22-25)23(17(12)10-13)19(24)16-6-3-2-5-15(16)18-20-7-4-8-21-18/h2-8,12-14,17,22,25H,9-11H2,1H3. The summed E-state index contributed by atoms with van der Waals surface area (Å²) in [4.78, 5) is 24.0. The first-order valence-electron chi connectivity index (χ1n) is 8.76. The van der Waals surface area contributed by atoms with E-state index in [0.29, 0.717) is 29.8 Å². The topological polar surface area (TPSA) is 78.4 Å². The van der Waals surface area contributed by atoms with Crippen LogP contribution in [0.2, 0.25) is 0 Å². The highest BCUT2D eigenvalue weighted by atomic mass is 16.5. The number of nitrogens with one attached hydrogen (secondary N) is 1. The molecule has 0 radical (unpaired) electrons. The van der Waals surface area contributed by atoms with Crippen LogP contribution in [-0.4, -0.2) is 44.6 Å². The van der Waals surface area contributed by atoms with Crippen molar-refractivity contribution >= 4 is 5.91 Å². The smallest absolute Gasteiger partial charge is 0.255 e. The Morgan fingerprint density at radius 3 is 2.72 bits per heavy atom. The van der Waals surface area contributed by atoms with Gasteiger partial charge in [-0.25, -0.2) is 15.4 Å². The van der Waals surface area contributed by atoms with Gasteiger partial charge in [0.2, 0.25) is 0 Å². The summed E-state index contributed by atoms with van der Waals surface area (Å²) in [6.07, 6.45) is 5.35. The number of benzene rings is 1. The highest BCUT2D eigenvalue weighted by Crippen LogP contribution is 2.47. The third kappa shape index (κ3) is 2.71. The zero-order valence-corrected chi connectivity index (χ0v) is 14.2. The molecule has 1 aromatic carbocycles. The highest BCUT2D eigenvalue weighted by Gasteiger charge is 2.51. The van der Waals surface area contributed by atoms with Crippen molar-refractivity contribution in [2.24, 2.45) is 11.8 Å². The minimum atomic E-state index is -0.00157. The number of hydrogen-bond acceptors (Lipinski definition) is 5. The van der Waals surface area contributed by atoms with Gasteiger partial charge in [0.15, 0.2) is 5.82 Å². The molecule has 2 bridgehead atoms. The van der Waals surface area contributed by atoms with E-state index in [2.05, 4.69) is 22.4 Å². The van der Waals surface area contributed by atoms with E-state index in [9.17, 15) is 10.0 Å². The number of hydroxylamine groups is 1. The van der Waals surface area contributed by atoms with E-state index in [1.165, 1.54) is 0 Å². The predicted octanol–water partition coefficient (Wildman–Crippen LogP) is 2.36. The van der Waals surface area contributed by atoms with Crippen LogP contribution in [-0.2, 0) is 0 Å². The van der Waals surface area contributed by atoms with Crippen molar-refractivity contribution in [2.45, 2.75) is 31.8 Å². The van der Waals surface area contributed by atoms with Crippen molar-refractivity contribution < 1.29 is 10.0 Å². The summed E-state index contributed by atoms with van der Waals surface area (Å²) in [5, 5.41) is 9.18. The number of hydrogen-bond donors (Lipinski definition) is 2. The molecule has 2 aromatic rings. The first-order chi connectivity index (χ1) is 12.2. The van der Waals surface area contributed by atoms with Crippen LogP contribution in [0.1, 0.15) is 30.1 Å². The molecule has 2 saturated heterocycles. The zero-order valence-electron chi connectivity index (χ0n) is 14.2. The van der Waals surface area contributed by atoms with Crippen LogP contribution in [0.3, 0.4) is 0 Å². The van der Waals surface area contributed by atoms with Crippen molar-refractivity contribution in [1.29, 1.82) is 0 Å². The van der Waals surface area contributed by atoms with Gasteiger partial charge in [-0.05, 0) is 36.8 Å². The summed E-state index contributed by atoms with van der Waals surface area (Å²) < 4.78 is 0. The molecule has 3 fully saturated rings. The minimum absolute atomic E-state index is 0.00157. The molecule has 5 rings (SSSR count). The molecule has 3 aliphatic rings. The molecular weight excluding hydrogens is 316 g/mol. The largest absolute Gasteiger partial charge is 0.331 e. The Morgan fingerprint density at radius 1 is 1.24 bits per heavy atom. The molecule has 1 aliphatic carbocycles. The number of amides is 1. The summed E-state index contributed by atoms with van der Waals surface area (Å²) in [6, 6.07) is 9.52. The van der Waals surface area contributed by atoms with Gasteiger partial charge < -0.3 is 10.1 Å². The fourth-order valence-corrected chi connectivity index (χ4v) is 4.31. The van der Waals surface area contributed by atoms with E-state index >= 15 is 0 Å². The molecule has 4 atom stereocenters. The highest BCUT2D eigenvalue weighted by molar-refractivity contribution is 6.00. The summed E-state index contributed by atoms with van der Waals surface area (Å²) in [6.45, 7) is 2.61. The van der Waals surface area contributed by atoms with Gasteiger partial charge in [-0.3, -0.25) is 4.79 Å². The predicted molar refractivity (Wildman–Crippen MR) is 92.9 cm³/mol. The van der Waals surface area contributed by atoms with Gasteiger partial charge in [-0.2, -0.15) is 0 Å². The average Bonchev–Trinajstić information content (AvgIpc) is 2.67. The van der Waals surface area contributed by atoms with Gasteiger partial charge in [0, 0.05) is 36.6 Å². The molecule has 6 nitrogen and oxygen atoms in total. The normalized spacial score (nSPS) is 27.7. The summed E-state index contributed by atoms with van der Waals surface area (Å²) in [5.41, 5.74) is 3.63. The van der Waals surface area contributed by atoms with Gasteiger partial charge in [0.1, 0.15) is 0 Å². The Kier molecular flexibility index (Phi) is 4.23. The van der Waals surface area contributed by atoms with Gasteiger partial charge in [0.25, 0.3) is 5.91 Å². The van der Waals surface area contributed by atoms with E-state index in [1.54, 1.807) is 18.5 Å². The molecule has 130 valence electrons. The molecule has 1 aromatic heterocycles. The molecule has 6 heteroatoms. The number of nitrogens with zero attached hydrogens (tertiary/aromatic N) is 3. The quantitative estimate of drug-likeness (QED) is 0.837. The first-order valence-corrected chi connectivity index (χ1v) is 8.76. The lowest BCUT2D eigenvalue weighted by atomic mass is 9.62. The number of piperidine rings is 2. The van der Waals surface area contributed by atoms with Crippen molar-refractivity contribution in [3.8, 4) is 11.4 Å². The lowest BCUT2D eigenvalue weighted by Gasteiger charge is -2.58. The van der Waals surface area contributed by atoms with Crippen molar-refractivity contribution in [1.82, 2.24) is 20.3 Å². The Labute approximate surface area is 146 Å². The van der Waals surface area contributed by atoms with E-state index in [0.717, 1.165) is 18.4 Å². The molecule has 1 amide bonds. The summed E-state index contributed by atoms with van der Waals surface area (Å²) >= 11 is 0. The fraction of sp³-hybridized carbons (Fsp3) is 0.421. The maximum Gasteiger partial charge on any atom is 0.255 e. The monoisotopic (exact) mass is 338 g/mol. The number of carbonyl (C=O) groups is 1. The molecule has 4 unspecified atom stereocenters. The van der Waals surface area contributed by atoms with E-state index in [-0.39, 0.29) is 18.0 Å². The van der Waals surface area contributed by atoms with E-state index in [4.69, 9.17) is 0 Å². The molecule has 1 saturated carbocycles. The second-order valence-electron chi connectivity index (χ2n) is 7.00. The molecule has 2 N–H and O–H groups in total. The lowest BCUT2D eigenvalue weighted by molar-refractivity contribution is -0.0677. The summed E-state index contributed by atoms with van der Waals surface area (Å²) in [7, 11) is 0.